The van der Waals surface area contributed by atoms with Gasteiger partial charge in [0.05, 0.1) is 18.1 Å². The number of nitrogens with zero attached hydrogens (tertiary/aromatic N) is 2. The lowest BCUT2D eigenvalue weighted by molar-refractivity contribution is 0.297. The van der Waals surface area contributed by atoms with E-state index in [0.29, 0.717) is 30.0 Å². The van der Waals surface area contributed by atoms with E-state index in [2.05, 4.69) is 119 Å². The first-order valence-electron chi connectivity index (χ1n) is 16.5. The topological polar surface area (TPSA) is 6.48 Å². The van der Waals surface area contributed by atoms with E-state index in [1.807, 2.05) is 0 Å². The van der Waals surface area contributed by atoms with Crippen LogP contribution in [0.15, 0.2) is 120 Å². The number of benzene rings is 1. The molecule has 0 amide bonds. The summed E-state index contributed by atoms with van der Waals surface area (Å²) in [6.45, 7) is 0. The molecule has 43 heavy (non-hydrogen) atoms. The van der Waals surface area contributed by atoms with Crippen LogP contribution in [0.25, 0.3) is 11.6 Å². The SMILES string of the molecule is Clc1ccc(C2=CCC(N(C3=CC4C(C=C3)C3C=CC=CC3N4C3=CCCC=C3)C3=CCCCC3)C=C2)c2c1CCC=C2. The normalized spacial score (nSPS) is 30.3. The second kappa shape index (κ2) is 11.5. The van der Waals surface area contributed by atoms with Crippen molar-refractivity contribution in [1.82, 2.24) is 9.80 Å². The molecule has 3 heteroatoms. The van der Waals surface area contributed by atoms with Crippen molar-refractivity contribution in [3.63, 3.8) is 0 Å². The number of likely N-dealkylation sites (tertiary alicyclic amines) is 1. The molecule has 1 heterocycles. The van der Waals surface area contributed by atoms with Crippen molar-refractivity contribution < 1.29 is 0 Å². The highest BCUT2D eigenvalue weighted by Crippen LogP contribution is 2.46. The number of allylic oxidation sites excluding steroid dienone is 11. The van der Waals surface area contributed by atoms with Gasteiger partial charge in [-0.15, -0.1) is 0 Å². The van der Waals surface area contributed by atoms with Crippen LogP contribution in [0.4, 0.5) is 0 Å². The second-order valence-corrected chi connectivity index (χ2v) is 13.3. The van der Waals surface area contributed by atoms with E-state index >= 15 is 0 Å². The van der Waals surface area contributed by atoms with Crippen LogP contribution in [-0.2, 0) is 6.42 Å². The van der Waals surface area contributed by atoms with Gasteiger partial charge in [-0.3, -0.25) is 0 Å². The molecule has 1 aliphatic heterocycles. The Morgan fingerprint density at radius 2 is 1.65 bits per heavy atom. The summed E-state index contributed by atoms with van der Waals surface area (Å²) in [6, 6.07) is 5.39. The molecule has 6 aliphatic carbocycles. The molecule has 0 spiro atoms. The zero-order valence-corrected chi connectivity index (χ0v) is 25.7. The molecule has 0 N–H and O–H groups in total. The monoisotopic (exact) mass is 584 g/mol. The van der Waals surface area contributed by atoms with Crippen LogP contribution >= 0.6 is 11.6 Å². The van der Waals surface area contributed by atoms with Crippen LogP contribution in [0.5, 0.6) is 0 Å². The number of rotatable bonds is 5. The lowest BCUT2D eigenvalue weighted by Crippen LogP contribution is -2.39. The molecule has 1 fully saturated rings. The Morgan fingerprint density at radius 3 is 2.49 bits per heavy atom. The molecule has 5 atom stereocenters. The molecular weight excluding hydrogens is 544 g/mol. The molecule has 7 aliphatic rings. The highest BCUT2D eigenvalue weighted by atomic mass is 35.5. The van der Waals surface area contributed by atoms with Gasteiger partial charge in [0.15, 0.2) is 0 Å². The van der Waals surface area contributed by atoms with Crippen molar-refractivity contribution in [1.29, 1.82) is 0 Å². The highest BCUT2D eigenvalue weighted by Gasteiger charge is 2.47. The number of hydrogen-bond acceptors (Lipinski definition) is 2. The van der Waals surface area contributed by atoms with Crippen LogP contribution in [0, 0.1) is 11.8 Å². The van der Waals surface area contributed by atoms with Crippen LogP contribution in [0.1, 0.15) is 68.1 Å². The second-order valence-electron chi connectivity index (χ2n) is 12.9. The minimum absolute atomic E-state index is 0.310. The summed E-state index contributed by atoms with van der Waals surface area (Å²) in [7, 11) is 0. The molecule has 0 radical (unpaired) electrons. The molecular formula is C40H41ClN2. The smallest absolute Gasteiger partial charge is 0.0571 e. The summed E-state index contributed by atoms with van der Waals surface area (Å²) in [4.78, 5) is 5.40. The first-order chi connectivity index (χ1) is 21.3. The third kappa shape index (κ3) is 4.89. The van der Waals surface area contributed by atoms with E-state index in [1.54, 1.807) is 0 Å². The van der Waals surface area contributed by atoms with E-state index in [1.165, 1.54) is 58.6 Å². The maximum atomic E-state index is 6.61. The van der Waals surface area contributed by atoms with Gasteiger partial charge < -0.3 is 9.80 Å². The van der Waals surface area contributed by atoms with Crippen LogP contribution in [0.3, 0.4) is 0 Å². The van der Waals surface area contributed by atoms with Crippen LogP contribution < -0.4 is 0 Å². The Morgan fingerprint density at radius 1 is 0.744 bits per heavy atom. The molecule has 0 aromatic heterocycles. The van der Waals surface area contributed by atoms with Gasteiger partial charge in [0.1, 0.15) is 0 Å². The van der Waals surface area contributed by atoms with E-state index < -0.39 is 0 Å². The van der Waals surface area contributed by atoms with Gasteiger partial charge in [0.25, 0.3) is 0 Å². The zero-order chi connectivity index (χ0) is 28.8. The van der Waals surface area contributed by atoms with Gasteiger partial charge in [-0.2, -0.15) is 0 Å². The van der Waals surface area contributed by atoms with Crippen molar-refractivity contribution in [2.45, 2.75) is 75.9 Å². The van der Waals surface area contributed by atoms with E-state index in [4.69, 9.17) is 11.6 Å². The van der Waals surface area contributed by atoms with Gasteiger partial charge in [-0.1, -0.05) is 96.7 Å². The van der Waals surface area contributed by atoms with Gasteiger partial charge >= 0.3 is 0 Å². The molecule has 0 bridgehead atoms. The molecule has 1 aromatic rings. The maximum Gasteiger partial charge on any atom is 0.0571 e. The predicted molar refractivity (Wildman–Crippen MR) is 181 cm³/mol. The molecule has 2 nitrogen and oxygen atoms in total. The van der Waals surface area contributed by atoms with Gasteiger partial charge in [0.2, 0.25) is 0 Å². The number of fused-ring (bicyclic) bond motifs is 4. The van der Waals surface area contributed by atoms with Crippen molar-refractivity contribution in [3.8, 4) is 0 Å². The summed E-state index contributed by atoms with van der Waals surface area (Å²) in [6.07, 6.45) is 48.8. The summed E-state index contributed by atoms with van der Waals surface area (Å²) in [5, 5.41) is 0.900. The summed E-state index contributed by atoms with van der Waals surface area (Å²) < 4.78 is 0. The third-order valence-corrected chi connectivity index (χ3v) is 10.8. The Balaban J connectivity index is 1.13. The summed E-state index contributed by atoms with van der Waals surface area (Å²) in [5.74, 6) is 1.01. The van der Waals surface area contributed by atoms with Crippen molar-refractivity contribution in [2.75, 3.05) is 0 Å². The van der Waals surface area contributed by atoms with Crippen molar-refractivity contribution in [3.05, 3.63) is 142 Å². The van der Waals surface area contributed by atoms with Gasteiger partial charge in [0, 0.05) is 33.9 Å². The quantitative estimate of drug-likeness (QED) is 0.340. The highest BCUT2D eigenvalue weighted by molar-refractivity contribution is 6.31. The molecule has 1 saturated heterocycles. The van der Waals surface area contributed by atoms with E-state index in [-0.39, 0.29) is 0 Å². The molecule has 8 rings (SSSR count). The van der Waals surface area contributed by atoms with Gasteiger partial charge in [-0.25, -0.2) is 0 Å². The average Bonchev–Trinajstić information content (AvgIpc) is 3.40. The molecule has 5 unspecified atom stereocenters. The predicted octanol–water partition coefficient (Wildman–Crippen LogP) is 9.87. The lowest BCUT2D eigenvalue weighted by Gasteiger charge is -2.40. The standard InChI is InChI=1S/C40H41ClN2/c41-38-26-25-33(34-15-7-8-16-35(34)38)28-19-21-31(22-20-28)42(29-11-3-1-4-12-29)32-23-24-37-36-17-9-10-18-39(36)43(40(37)27-32)30-13-5-2-6-14-30/h5,7,9-11,13-15,17-21,23-27,31,36-37,39-40H,1-4,6,8,12,16,22H2. The fraction of sp³-hybridized carbons (Fsp3) is 0.350. The fourth-order valence-electron chi connectivity index (χ4n) is 8.40. The van der Waals surface area contributed by atoms with Crippen molar-refractivity contribution in [2.24, 2.45) is 11.8 Å². The Bertz CT molecular complexity index is 1600. The number of hydrogen-bond donors (Lipinski definition) is 0. The summed E-state index contributed by atoms with van der Waals surface area (Å²) in [5.41, 5.74) is 9.50. The minimum atomic E-state index is 0.310. The zero-order valence-electron chi connectivity index (χ0n) is 24.9. The van der Waals surface area contributed by atoms with Crippen molar-refractivity contribution >= 4 is 23.3 Å². The van der Waals surface area contributed by atoms with Crippen LogP contribution in [-0.4, -0.2) is 27.9 Å². The Kier molecular flexibility index (Phi) is 7.27. The largest absolute Gasteiger partial charge is 0.358 e. The first-order valence-corrected chi connectivity index (χ1v) is 16.9. The van der Waals surface area contributed by atoms with E-state index in [0.717, 1.165) is 43.5 Å². The molecule has 0 saturated carbocycles. The van der Waals surface area contributed by atoms with Crippen LogP contribution in [0.2, 0.25) is 5.02 Å². The molecule has 218 valence electrons. The lowest BCUT2D eigenvalue weighted by atomic mass is 9.82. The van der Waals surface area contributed by atoms with Gasteiger partial charge in [-0.05, 0) is 104 Å². The maximum absolute atomic E-state index is 6.61. The third-order valence-electron chi connectivity index (χ3n) is 10.5. The first kappa shape index (κ1) is 27.1. The van der Waals surface area contributed by atoms with E-state index in [9.17, 15) is 0 Å². The average molecular weight is 585 g/mol. The molecule has 1 aromatic carbocycles. The minimum Gasteiger partial charge on any atom is -0.358 e. The number of halogens is 1. The Labute approximate surface area is 262 Å². The fourth-order valence-corrected chi connectivity index (χ4v) is 8.66. The Hall–Kier alpha value is -3.49. The summed E-state index contributed by atoms with van der Waals surface area (Å²) >= 11 is 6.61.